The van der Waals surface area contributed by atoms with Crippen molar-refractivity contribution in [3.8, 4) is 0 Å². The van der Waals surface area contributed by atoms with Crippen molar-refractivity contribution >= 4 is 41.0 Å². The smallest absolute Gasteiger partial charge is 0.311 e. The van der Waals surface area contributed by atoms with Crippen LogP contribution in [0.1, 0.15) is 103 Å². The van der Waals surface area contributed by atoms with E-state index in [1.54, 1.807) is 6.07 Å². The van der Waals surface area contributed by atoms with Gasteiger partial charge in [-0.1, -0.05) is 108 Å². The highest BCUT2D eigenvalue weighted by Crippen LogP contribution is 2.30. The van der Waals surface area contributed by atoms with Gasteiger partial charge in [0.05, 0.1) is 16.0 Å². The fourth-order valence-corrected chi connectivity index (χ4v) is 3.77. The van der Waals surface area contributed by atoms with E-state index in [2.05, 4.69) is 27.7 Å². The van der Waals surface area contributed by atoms with Crippen LogP contribution in [0, 0.1) is 18.8 Å². The first-order valence-electron chi connectivity index (χ1n) is 13.7. The van der Waals surface area contributed by atoms with Crippen molar-refractivity contribution in [1.82, 2.24) is 0 Å². The number of aliphatic carboxylic acids is 1. The highest BCUT2D eigenvalue weighted by molar-refractivity contribution is 6.43. The summed E-state index contributed by atoms with van der Waals surface area (Å²) >= 11 is 12.1. The SMILES string of the molecule is CCC(C)C.CCCC(=O)/C(C)=C/c1c(C)ccc(Cl)c1Cl.CCc1ccc(C(C(=O)O)C(C)C)cc1.CO. The van der Waals surface area contributed by atoms with Crippen LogP contribution in [0.25, 0.3) is 6.08 Å². The number of benzene rings is 2. The van der Waals surface area contributed by atoms with Crippen LogP contribution in [0.15, 0.2) is 42.0 Å². The van der Waals surface area contributed by atoms with E-state index in [1.165, 1.54) is 12.0 Å². The number of hydrogen-bond acceptors (Lipinski definition) is 3. The Hall–Kier alpha value is -2.14. The van der Waals surface area contributed by atoms with E-state index in [0.717, 1.165) is 48.1 Å². The van der Waals surface area contributed by atoms with E-state index in [0.29, 0.717) is 16.5 Å². The van der Waals surface area contributed by atoms with Gasteiger partial charge in [0.2, 0.25) is 0 Å². The average Bonchev–Trinajstić information content (AvgIpc) is 2.90. The number of ketones is 1. The van der Waals surface area contributed by atoms with Crippen LogP contribution in [0.5, 0.6) is 0 Å². The van der Waals surface area contributed by atoms with Gasteiger partial charge in [-0.05, 0) is 78.5 Å². The molecule has 0 heterocycles. The number of aryl methyl sites for hydroxylation is 2. The molecule has 0 aliphatic heterocycles. The third-order valence-corrected chi connectivity index (χ3v) is 6.94. The normalized spacial score (nSPS) is 11.4. The predicted octanol–water partition coefficient (Wildman–Crippen LogP) is 9.81. The number of hydrogen-bond donors (Lipinski definition) is 2. The maximum absolute atomic E-state index is 11.7. The first kappa shape index (κ1) is 39.0. The summed E-state index contributed by atoms with van der Waals surface area (Å²) in [5.74, 6) is 0.0260. The highest BCUT2D eigenvalue weighted by atomic mass is 35.5. The number of rotatable bonds is 9. The maximum Gasteiger partial charge on any atom is 0.311 e. The number of carboxylic acid groups (broad SMARTS) is 1. The molecular formula is C33H50Cl2O4. The lowest BCUT2D eigenvalue weighted by Gasteiger charge is -2.16. The van der Waals surface area contributed by atoms with Crippen LogP contribution < -0.4 is 0 Å². The lowest BCUT2D eigenvalue weighted by Crippen LogP contribution is -2.17. The van der Waals surface area contributed by atoms with Crippen LogP contribution in [0.4, 0.5) is 0 Å². The number of carbonyl (C=O) groups excluding carboxylic acids is 1. The molecule has 0 aromatic heterocycles. The van der Waals surface area contributed by atoms with Crippen molar-refractivity contribution in [3.63, 3.8) is 0 Å². The van der Waals surface area contributed by atoms with Gasteiger partial charge in [-0.3, -0.25) is 9.59 Å². The summed E-state index contributed by atoms with van der Waals surface area (Å²) in [5, 5.41) is 17.1. The van der Waals surface area contributed by atoms with Gasteiger partial charge in [-0.25, -0.2) is 0 Å². The second kappa shape index (κ2) is 21.7. The van der Waals surface area contributed by atoms with Crippen LogP contribution in [-0.2, 0) is 16.0 Å². The van der Waals surface area contributed by atoms with E-state index in [4.69, 9.17) is 33.4 Å². The number of allylic oxidation sites excluding steroid dienone is 1. The monoisotopic (exact) mass is 580 g/mol. The molecule has 0 amide bonds. The Bertz CT molecular complexity index is 1010. The third-order valence-electron chi connectivity index (χ3n) is 6.12. The van der Waals surface area contributed by atoms with Gasteiger partial charge < -0.3 is 10.2 Å². The van der Waals surface area contributed by atoms with E-state index in [1.807, 2.05) is 71.0 Å². The summed E-state index contributed by atoms with van der Waals surface area (Å²) in [7, 11) is 1.00. The Morgan fingerprint density at radius 3 is 1.82 bits per heavy atom. The Balaban J connectivity index is 0. The minimum absolute atomic E-state index is 0.120. The molecular weight excluding hydrogens is 531 g/mol. The molecule has 0 radical (unpaired) electrons. The minimum Gasteiger partial charge on any atom is -0.481 e. The standard InChI is InChI=1S/C14H16Cl2O.C13H18O2.C5H12.CH4O/c1-4-5-13(17)10(3)8-11-9(2)6-7-12(15)14(11)16;1-4-10-5-7-11(8-6-10)12(9(2)3)13(14)15;1-4-5(2)3;1-2/h6-8H,4-5H2,1-3H3;5-9,12H,4H2,1-3H3,(H,14,15);5H,4H2,1-3H3;2H,1H3/b10-8+;;;. The predicted molar refractivity (Wildman–Crippen MR) is 169 cm³/mol. The molecule has 0 spiro atoms. The fraction of sp³-hybridized carbons (Fsp3) is 0.515. The van der Waals surface area contributed by atoms with Gasteiger partial charge in [-0.15, -0.1) is 0 Å². The molecule has 39 heavy (non-hydrogen) atoms. The number of carbonyl (C=O) groups is 2. The van der Waals surface area contributed by atoms with Crippen LogP contribution in [-0.4, -0.2) is 29.1 Å². The van der Waals surface area contributed by atoms with Crippen LogP contribution in [0.2, 0.25) is 10.0 Å². The zero-order chi connectivity index (χ0) is 30.7. The van der Waals surface area contributed by atoms with Crippen molar-refractivity contribution in [1.29, 1.82) is 0 Å². The Morgan fingerprint density at radius 2 is 1.44 bits per heavy atom. The summed E-state index contributed by atoms with van der Waals surface area (Å²) in [6, 6.07) is 11.5. The number of aliphatic hydroxyl groups is 1. The number of halogens is 2. The zero-order valence-electron chi connectivity index (χ0n) is 25.6. The maximum atomic E-state index is 11.7. The summed E-state index contributed by atoms with van der Waals surface area (Å²) in [6.07, 6.45) is 5.53. The van der Waals surface area contributed by atoms with Gasteiger partial charge in [-0.2, -0.15) is 0 Å². The number of Topliss-reactive ketones (excluding diaryl/α,β-unsaturated/α-hetero) is 1. The van der Waals surface area contributed by atoms with Crippen molar-refractivity contribution in [2.75, 3.05) is 7.11 Å². The van der Waals surface area contributed by atoms with Crippen molar-refractivity contribution in [2.24, 2.45) is 11.8 Å². The second-order valence-corrected chi connectivity index (χ2v) is 10.8. The summed E-state index contributed by atoms with van der Waals surface area (Å²) in [5.41, 5.74) is 4.71. The Kier molecular flexibility index (Phi) is 21.7. The van der Waals surface area contributed by atoms with E-state index in [9.17, 15) is 9.59 Å². The van der Waals surface area contributed by atoms with E-state index >= 15 is 0 Å². The number of aliphatic hydroxyl groups excluding tert-OH is 1. The average molecular weight is 582 g/mol. The lowest BCUT2D eigenvalue weighted by molar-refractivity contribution is -0.139. The molecule has 1 atom stereocenters. The highest BCUT2D eigenvalue weighted by Gasteiger charge is 2.23. The molecule has 2 N–H and O–H groups in total. The fourth-order valence-electron chi connectivity index (χ4n) is 3.33. The number of carboxylic acids is 1. The molecule has 0 aliphatic carbocycles. The lowest BCUT2D eigenvalue weighted by atomic mass is 9.88. The molecule has 0 saturated carbocycles. The third kappa shape index (κ3) is 15.3. The molecule has 0 fully saturated rings. The molecule has 220 valence electrons. The van der Waals surface area contributed by atoms with E-state index in [-0.39, 0.29) is 11.7 Å². The van der Waals surface area contributed by atoms with Gasteiger partial charge >= 0.3 is 5.97 Å². The van der Waals surface area contributed by atoms with Gasteiger partial charge in [0.25, 0.3) is 0 Å². The molecule has 2 aromatic carbocycles. The molecule has 6 heteroatoms. The van der Waals surface area contributed by atoms with Gasteiger partial charge in [0.15, 0.2) is 5.78 Å². The van der Waals surface area contributed by atoms with Crippen molar-refractivity contribution < 1.29 is 19.8 Å². The van der Waals surface area contributed by atoms with Gasteiger partial charge in [0.1, 0.15) is 0 Å². The van der Waals surface area contributed by atoms with Crippen molar-refractivity contribution in [3.05, 3.63) is 74.3 Å². The topological polar surface area (TPSA) is 74.6 Å². The molecule has 2 aromatic rings. The summed E-state index contributed by atoms with van der Waals surface area (Å²) < 4.78 is 0. The van der Waals surface area contributed by atoms with Crippen molar-refractivity contribution in [2.45, 2.75) is 93.9 Å². The Morgan fingerprint density at radius 1 is 0.923 bits per heavy atom. The van der Waals surface area contributed by atoms with Crippen LogP contribution in [0.3, 0.4) is 0 Å². The largest absolute Gasteiger partial charge is 0.481 e. The van der Waals surface area contributed by atoms with Gasteiger partial charge in [0, 0.05) is 13.5 Å². The summed E-state index contributed by atoms with van der Waals surface area (Å²) in [4.78, 5) is 22.8. The summed E-state index contributed by atoms with van der Waals surface area (Å²) in [6.45, 7) is 18.4. The first-order valence-corrected chi connectivity index (χ1v) is 14.5. The molecule has 2 rings (SSSR count). The zero-order valence-corrected chi connectivity index (χ0v) is 27.1. The molecule has 0 bridgehead atoms. The molecule has 0 aliphatic rings. The quantitative estimate of drug-likeness (QED) is 0.289. The minimum atomic E-state index is -0.741. The molecule has 0 saturated heterocycles. The molecule has 4 nitrogen and oxygen atoms in total. The van der Waals surface area contributed by atoms with E-state index < -0.39 is 11.9 Å². The Labute approximate surface area is 247 Å². The molecule has 1 unspecified atom stereocenters. The van der Waals surface area contributed by atoms with Crippen LogP contribution >= 0.6 is 23.2 Å². The first-order chi connectivity index (χ1) is 18.3. The second-order valence-electron chi connectivity index (χ2n) is 10.0.